The van der Waals surface area contributed by atoms with Gasteiger partial charge in [0.15, 0.2) is 5.54 Å². The van der Waals surface area contributed by atoms with Crippen molar-refractivity contribution < 1.29 is 51.5 Å². The van der Waals surface area contributed by atoms with Crippen LogP contribution in [0.25, 0.3) is 4.91 Å². The number of likely N-dealkylation sites (N-methyl/N-ethyl adjacent to an activating group) is 2. The summed E-state index contributed by atoms with van der Waals surface area (Å²) in [6, 6.07) is 15.4. The number of amides is 2. The van der Waals surface area contributed by atoms with Crippen molar-refractivity contribution in [2.24, 2.45) is 0 Å². The quantitative estimate of drug-likeness (QED) is 0.358. The first kappa shape index (κ1) is 40.9. The Morgan fingerprint density at radius 2 is 1.62 bits per heavy atom. The number of aliphatic carboxylic acids is 1. The molecule has 1 heterocycles. The SMILES string of the molecule is CCN(CC1=C(c2ccc(Cl)cc2)S(=O)(=O)N(C)C12CCCCC2)C(=O)[C@@H](COCc1ccccc1)NC(=O)C(C)(C)[NH3+].O=C([O-])C(F)(F)F. The molecule has 50 heavy (non-hydrogen) atoms. The molecule has 1 atom stereocenters. The van der Waals surface area contributed by atoms with Crippen LogP contribution in [-0.2, 0) is 35.8 Å². The van der Waals surface area contributed by atoms with Gasteiger partial charge >= 0.3 is 6.18 Å². The van der Waals surface area contributed by atoms with Crippen LogP contribution in [0.3, 0.4) is 0 Å². The number of carbonyl (C=O) groups is 3. The minimum Gasteiger partial charge on any atom is -0.542 e. The average Bonchev–Trinajstić information content (AvgIpc) is 3.20. The molecule has 276 valence electrons. The fraction of sp³-hybridized carbons (Fsp3) is 0.500. The van der Waals surface area contributed by atoms with E-state index in [1.165, 1.54) is 4.31 Å². The van der Waals surface area contributed by atoms with Gasteiger partial charge in [0.25, 0.3) is 5.91 Å². The van der Waals surface area contributed by atoms with Crippen LogP contribution in [0.2, 0.25) is 5.02 Å². The van der Waals surface area contributed by atoms with Crippen LogP contribution < -0.4 is 16.2 Å². The Labute approximate surface area is 295 Å². The lowest BCUT2D eigenvalue weighted by Gasteiger charge is -2.42. The lowest BCUT2D eigenvalue weighted by Crippen LogP contribution is -2.76. The highest BCUT2D eigenvalue weighted by atomic mass is 35.5. The molecule has 2 aromatic carbocycles. The van der Waals surface area contributed by atoms with Gasteiger partial charge in [0, 0.05) is 25.2 Å². The second kappa shape index (κ2) is 16.7. The summed E-state index contributed by atoms with van der Waals surface area (Å²) in [5.41, 5.74) is 4.44. The average molecular weight is 745 g/mol. The highest BCUT2D eigenvalue weighted by molar-refractivity contribution is 7.98. The third-order valence-electron chi connectivity index (χ3n) is 8.73. The highest BCUT2D eigenvalue weighted by Crippen LogP contribution is 2.51. The molecule has 2 aromatic rings. The third kappa shape index (κ3) is 9.84. The van der Waals surface area contributed by atoms with Crippen molar-refractivity contribution in [1.29, 1.82) is 0 Å². The number of carboxylic acid groups (broad SMARTS) is 1. The summed E-state index contributed by atoms with van der Waals surface area (Å²) >= 11 is 6.15. The van der Waals surface area contributed by atoms with E-state index in [1.807, 2.05) is 37.3 Å². The number of quaternary nitrogens is 1. The molecule has 1 saturated carbocycles. The van der Waals surface area contributed by atoms with E-state index in [2.05, 4.69) is 11.1 Å². The Morgan fingerprint density at radius 3 is 2.12 bits per heavy atom. The molecule has 0 unspecified atom stereocenters. The number of halogens is 4. The number of benzene rings is 2. The van der Waals surface area contributed by atoms with Gasteiger partial charge in [0.05, 0.1) is 23.7 Å². The predicted octanol–water partition coefficient (Wildman–Crippen LogP) is 2.90. The van der Waals surface area contributed by atoms with E-state index in [0.29, 0.717) is 35.5 Å². The predicted molar refractivity (Wildman–Crippen MR) is 179 cm³/mol. The van der Waals surface area contributed by atoms with Crippen molar-refractivity contribution in [1.82, 2.24) is 14.5 Å². The molecule has 4 N–H and O–H groups in total. The van der Waals surface area contributed by atoms with Gasteiger partial charge < -0.3 is 30.6 Å². The zero-order chi connectivity index (χ0) is 37.5. The third-order valence-corrected chi connectivity index (χ3v) is 11.1. The number of nitrogens with zero attached hydrogens (tertiary/aromatic N) is 2. The largest absolute Gasteiger partial charge is 0.542 e. The summed E-state index contributed by atoms with van der Waals surface area (Å²) < 4.78 is 67.0. The van der Waals surface area contributed by atoms with Gasteiger partial charge in [0.1, 0.15) is 12.0 Å². The Bertz CT molecular complexity index is 1640. The standard InChI is InChI=1S/C32H43ClN4O5S.C2HF3O2/c1-5-37(29(38)27(35-30(39)31(2,3)34)22-42-21-23-12-8-6-9-13-23)20-26-28(24-14-16-25(33)17-15-24)43(40,41)36(4)32(26)18-10-7-11-19-32;3-2(4,5)1(6)7/h6,8-9,12-17,27H,5,7,10-11,18-22,34H2,1-4H3,(H,35,39);(H,6,7)/t27-;/m1./s1. The summed E-state index contributed by atoms with van der Waals surface area (Å²) in [6.07, 6.45) is -1.03. The minimum absolute atomic E-state index is 0.0432. The van der Waals surface area contributed by atoms with Crippen molar-refractivity contribution in [3.05, 3.63) is 76.3 Å². The summed E-state index contributed by atoms with van der Waals surface area (Å²) in [5, 5.41) is 12.1. The van der Waals surface area contributed by atoms with Gasteiger partial charge in [-0.05, 0) is 62.4 Å². The van der Waals surface area contributed by atoms with Gasteiger partial charge in [-0.15, -0.1) is 0 Å². The number of ether oxygens (including phenoxy) is 1. The zero-order valence-corrected chi connectivity index (χ0v) is 30.1. The van der Waals surface area contributed by atoms with Gasteiger partial charge in [-0.3, -0.25) is 9.59 Å². The molecule has 2 aliphatic rings. The van der Waals surface area contributed by atoms with E-state index in [-0.39, 0.29) is 36.5 Å². The van der Waals surface area contributed by atoms with E-state index in [0.717, 1.165) is 24.8 Å². The lowest BCUT2D eigenvalue weighted by molar-refractivity contribution is -0.446. The Kier molecular flexibility index (Phi) is 13.7. The monoisotopic (exact) mass is 744 g/mol. The second-order valence-electron chi connectivity index (χ2n) is 12.9. The van der Waals surface area contributed by atoms with Gasteiger partial charge in [-0.25, -0.2) is 8.42 Å². The maximum Gasteiger partial charge on any atom is 0.430 e. The Balaban J connectivity index is 0.000000872. The number of carboxylic acids is 1. The molecule has 1 fully saturated rings. The second-order valence-corrected chi connectivity index (χ2v) is 15.3. The molecule has 16 heteroatoms. The molecule has 2 amide bonds. The first-order valence-corrected chi connectivity index (χ1v) is 17.9. The highest BCUT2D eigenvalue weighted by Gasteiger charge is 2.54. The molecular weight excluding hydrogens is 701 g/mol. The molecule has 1 aliphatic carbocycles. The molecule has 0 bridgehead atoms. The summed E-state index contributed by atoms with van der Waals surface area (Å²) in [4.78, 5) is 37.8. The fourth-order valence-corrected chi connectivity index (χ4v) is 8.13. The van der Waals surface area contributed by atoms with Gasteiger partial charge in [0.2, 0.25) is 15.9 Å². The van der Waals surface area contributed by atoms with Crippen molar-refractivity contribution in [2.75, 3.05) is 26.7 Å². The van der Waals surface area contributed by atoms with Crippen molar-refractivity contribution in [3.8, 4) is 0 Å². The smallest absolute Gasteiger partial charge is 0.430 e. The van der Waals surface area contributed by atoms with Gasteiger partial charge in [-0.1, -0.05) is 73.3 Å². The first-order chi connectivity index (χ1) is 23.3. The number of hydrogen-bond acceptors (Lipinski definition) is 7. The lowest BCUT2D eigenvalue weighted by atomic mass is 9.75. The number of nitrogens with one attached hydrogen (secondary N) is 1. The van der Waals surface area contributed by atoms with Crippen molar-refractivity contribution in [3.63, 3.8) is 0 Å². The molecule has 11 nitrogen and oxygen atoms in total. The van der Waals surface area contributed by atoms with Crippen LogP contribution in [0.1, 0.15) is 64.0 Å². The van der Waals surface area contributed by atoms with Crippen LogP contribution in [0.5, 0.6) is 0 Å². The molecule has 1 spiro atoms. The van der Waals surface area contributed by atoms with E-state index in [9.17, 15) is 31.2 Å². The van der Waals surface area contributed by atoms with Gasteiger partial charge in [-0.2, -0.15) is 17.5 Å². The molecule has 0 radical (unpaired) electrons. The molecule has 0 aromatic heterocycles. The first-order valence-electron chi connectivity index (χ1n) is 16.1. The van der Waals surface area contributed by atoms with E-state index in [1.54, 1.807) is 50.1 Å². The van der Waals surface area contributed by atoms with Crippen LogP contribution in [-0.4, -0.2) is 85.4 Å². The van der Waals surface area contributed by atoms with Crippen molar-refractivity contribution >= 4 is 44.3 Å². The number of sulfonamides is 1. The summed E-state index contributed by atoms with van der Waals surface area (Å²) in [7, 11) is -2.19. The summed E-state index contributed by atoms with van der Waals surface area (Å²) in [6.45, 7) is 5.88. The summed E-state index contributed by atoms with van der Waals surface area (Å²) in [5.74, 6) is -3.72. The van der Waals surface area contributed by atoms with Crippen LogP contribution in [0, 0.1) is 0 Å². The zero-order valence-electron chi connectivity index (χ0n) is 28.5. The van der Waals surface area contributed by atoms with Crippen LogP contribution in [0.15, 0.2) is 60.2 Å². The Morgan fingerprint density at radius 1 is 1.06 bits per heavy atom. The Hall–Kier alpha value is -3.50. The number of alkyl halides is 3. The number of carbonyl (C=O) groups excluding carboxylic acids is 3. The molecule has 4 rings (SSSR count). The minimum atomic E-state index is -5.19. The maximum atomic E-state index is 14.2. The molecular formula is C34H44ClF3N4O7S. The number of rotatable bonds is 11. The number of hydrogen-bond donors (Lipinski definition) is 2. The molecule has 0 saturated heterocycles. The van der Waals surface area contributed by atoms with Crippen LogP contribution in [0.4, 0.5) is 13.2 Å². The molecule has 1 aliphatic heterocycles. The van der Waals surface area contributed by atoms with E-state index in [4.69, 9.17) is 26.2 Å². The normalized spacial score (nSPS) is 17.9. The fourth-order valence-electron chi connectivity index (χ4n) is 5.97. The van der Waals surface area contributed by atoms with E-state index < -0.39 is 39.3 Å². The van der Waals surface area contributed by atoms with E-state index >= 15 is 0 Å². The maximum absolute atomic E-state index is 14.2. The van der Waals surface area contributed by atoms with Crippen LogP contribution >= 0.6 is 11.6 Å². The topological polar surface area (TPSA) is 164 Å². The van der Waals surface area contributed by atoms with Crippen molar-refractivity contribution in [2.45, 2.75) is 82.8 Å².